The minimum Gasteiger partial charge on any atom is -0.360 e. The van der Waals surface area contributed by atoms with E-state index in [4.69, 9.17) is 4.52 Å². The maximum absolute atomic E-state index is 5.46. The van der Waals surface area contributed by atoms with E-state index in [2.05, 4.69) is 35.3 Å². The van der Waals surface area contributed by atoms with Crippen LogP contribution in [-0.4, -0.2) is 28.7 Å². The highest BCUT2D eigenvalue weighted by molar-refractivity contribution is 5.06. The lowest BCUT2D eigenvalue weighted by Gasteiger charge is -2.35. The second-order valence-electron chi connectivity index (χ2n) is 6.39. The summed E-state index contributed by atoms with van der Waals surface area (Å²) in [5, 5.41) is 7.63. The van der Waals surface area contributed by atoms with Crippen molar-refractivity contribution in [3.05, 3.63) is 17.5 Å². The molecule has 0 aromatic carbocycles. The summed E-state index contributed by atoms with van der Waals surface area (Å²) in [6, 6.07) is 3.49. The number of aromatic nitrogens is 1. The standard InChI is InChI=1S/C15H25N3O/c1-11-5-6-18(12(2)7-11)10-15-8-14(17-19-15)9-16-13-3-4-13/h8,11-13,16H,3-7,9-10H2,1-2H3. The van der Waals surface area contributed by atoms with Crippen LogP contribution in [-0.2, 0) is 13.1 Å². The molecule has 1 saturated heterocycles. The highest BCUT2D eigenvalue weighted by Gasteiger charge is 2.24. The van der Waals surface area contributed by atoms with E-state index < -0.39 is 0 Å². The van der Waals surface area contributed by atoms with Gasteiger partial charge in [-0.3, -0.25) is 4.90 Å². The first kappa shape index (κ1) is 13.1. The molecule has 0 bridgehead atoms. The SMILES string of the molecule is CC1CCN(Cc2cc(CNC3CC3)no2)C(C)C1. The third-order valence-electron chi connectivity index (χ3n) is 4.39. The second kappa shape index (κ2) is 5.63. The number of hydrogen-bond acceptors (Lipinski definition) is 4. The van der Waals surface area contributed by atoms with Crippen LogP contribution in [0.25, 0.3) is 0 Å². The summed E-state index contributed by atoms with van der Waals surface area (Å²) < 4.78 is 5.46. The zero-order chi connectivity index (χ0) is 13.2. The fraction of sp³-hybridized carbons (Fsp3) is 0.800. The molecule has 1 aliphatic carbocycles. The molecule has 2 aliphatic rings. The zero-order valence-electron chi connectivity index (χ0n) is 12.1. The summed E-state index contributed by atoms with van der Waals surface area (Å²) in [5.74, 6) is 1.87. The molecule has 2 fully saturated rings. The van der Waals surface area contributed by atoms with E-state index in [9.17, 15) is 0 Å². The number of piperidine rings is 1. The van der Waals surface area contributed by atoms with Gasteiger partial charge in [-0.05, 0) is 45.1 Å². The van der Waals surface area contributed by atoms with Gasteiger partial charge in [-0.1, -0.05) is 12.1 Å². The van der Waals surface area contributed by atoms with Crippen molar-refractivity contribution in [3.63, 3.8) is 0 Å². The summed E-state index contributed by atoms with van der Waals surface area (Å²) in [7, 11) is 0. The first-order valence-corrected chi connectivity index (χ1v) is 7.62. The van der Waals surface area contributed by atoms with Gasteiger partial charge in [0.15, 0.2) is 5.76 Å². The van der Waals surface area contributed by atoms with E-state index in [0.29, 0.717) is 6.04 Å². The quantitative estimate of drug-likeness (QED) is 0.886. The van der Waals surface area contributed by atoms with Crippen LogP contribution in [0.1, 0.15) is 51.0 Å². The Hall–Kier alpha value is -0.870. The minimum absolute atomic E-state index is 0.655. The Morgan fingerprint density at radius 3 is 2.95 bits per heavy atom. The summed E-state index contributed by atoms with van der Waals surface area (Å²) >= 11 is 0. The van der Waals surface area contributed by atoms with Gasteiger partial charge in [0.1, 0.15) is 0 Å². The number of hydrogen-bond donors (Lipinski definition) is 1. The van der Waals surface area contributed by atoms with E-state index in [1.165, 1.54) is 32.2 Å². The molecule has 1 aliphatic heterocycles. The molecule has 0 amide bonds. The minimum atomic E-state index is 0.655. The summed E-state index contributed by atoms with van der Waals surface area (Å²) in [5.41, 5.74) is 1.04. The second-order valence-corrected chi connectivity index (χ2v) is 6.39. The molecule has 1 aromatic heterocycles. The smallest absolute Gasteiger partial charge is 0.151 e. The molecule has 0 radical (unpaired) electrons. The first-order chi connectivity index (χ1) is 9.20. The third-order valence-corrected chi connectivity index (χ3v) is 4.39. The molecule has 1 saturated carbocycles. The van der Waals surface area contributed by atoms with Crippen molar-refractivity contribution in [1.29, 1.82) is 0 Å². The third kappa shape index (κ3) is 3.57. The van der Waals surface area contributed by atoms with E-state index in [0.717, 1.165) is 36.5 Å². The summed E-state index contributed by atoms with van der Waals surface area (Å²) in [4.78, 5) is 2.51. The Morgan fingerprint density at radius 2 is 2.21 bits per heavy atom. The van der Waals surface area contributed by atoms with Gasteiger partial charge >= 0.3 is 0 Å². The Morgan fingerprint density at radius 1 is 1.37 bits per heavy atom. The Kier molecular flexibility index (Phi) is 3.89. The molecular weight excluding hydrogens is 238 g/mol. The molecule has 4 nitrogen and oxygen atoms in total. The molecule has 3 rings (SSSR count). The van der Waals surface area contributed by atoms with Gasteiger partial charge in [-0.15, -0.1) is 0 Å². The van der Waals surface area contributed by atoms with E-state index in [1.54, 1.807) is 0 Å². The molecular formula is C15H25N3O. The topological polar surface area (TPSA) is 41.3 Å². The normalized spacial score (nSPS) is 28.7. The van der Waals surface area contributed by atoms with Crippen LogP contribution < -0.4 is 5.32 Å². The average molecular weight is 263 g/mol. The molecule has 2 atom stereocenters. The van der Waals surface area contributed by atoms with Crippen LogP contribution in [0, 0.1) is 5.92 Å². The summed E-state index contributed by atoms with van der Waals surface area (Å²) in [6.45, 7) is 7.61. The van der Waals surface area contributed by atoms with Crippen LogP contribution in [0.15, 0.2) is 10.6 Å². The molecule has 2 heterocycles. The lowest BCUT2D eigenvalue weighted by Crippen LogP contribution is -2.39. The fourth-order valence-corrected chi connectivity index (χ4v) is 2.94. The molecule has 2 unspecified atom stereocenters. The van der Waals surface area contributed by atoms with E-state index in [-0.39, 0.29) is 0 Å². The highest BCUT2D eigenvalue weighted by atomic mass is 16.5. The maximum Gasteiger partial charge on any atom is 0.151 e. The first-order valence-electron chi connectivity index (χ1n) is 7.62. The summed E-state index contributed by atoms with van der Waals surface area (Å²) in [6.07, 6.45) is 5.22. The number of rotatable bonds is 5. The molecule has 1 aromatic rings. The molecule has 106 valence electrons. The van der Waals surface area contributed by atoms with Crippen molar-refractivity contribution >= 4 is 0 Å². The van der Waals surface area contributed by atoms with Gasteiger partial charge in [0.25, 0.3) is 0 Å². The average Bonchev–Trinajstić information content (AvgIpc) is 3.10. The Bertz CT molecular complexity index is 413. The van der Waals surface area contributed by atoms with Gasteiger partial charge in [0, 0.05) is 24.7 Å². The maximum atomic E-state index is 5.46. The van der Waals surface area contributed by atoms with Crippen LogP contribution >= 0.6 is 0 Å². The molecule has 0 spiro atoms. The lowest BCUT2D eigenvalue weighted by molar-refractivity contribution is 0.110. The number of likely N-dealkylation sites (tertiary alicyclic amines) is 1. The molecule has 4 heteroatoms. The zero-order valence-corrected chi connectivity index (χ0v) is 12.1. The predicted octanol–water partition coefficient (Wildman–Crippen LogP) is 2.55. The van der Waals surface area contributed by atoms with Crippen molar-refractivity contribution < 1.29 is 4.52 Å². The van der Waals surface area contributed by atoms with Crippen LogP contribution in [0.3, 0.4) is 0 Å². The lowest BCUT2D eigenvalue weighted by atomic mass is 9.93. The molecule has 1 N–H and O–H groups in total. The van der Waals surface area contributed by atoms with Gasteiger partial charge in [0.2, 0.25) is 0 Å². The molecule has 19 heavy (non-hydrogen) atoms. The Balaban J connectivity index is 1.51. The van der Waals surface area contributed by atoms with Crippen molar-refractivity contribution in [1.82, 2.24) is 15.4 Å². The predicted molar refractivity (Wildman–Crippen MR) is 74.6 cm³/mol. The van der Waals surface area contributed by atoms with Crippen molar-refractivity contribution in [3.8, 4) is 0 Å². The highest BCUT2D eigenvalue weighted by Crippen LogP contribution is 2.24. The van der Waals surface area contributed by atoms with Gasteiger partial charge < -0.3 is 9.84 Å². The monoisotopic (exact) mass is 263 g/mol. The van der Waals surface area contributed by atoms with Gasteiger partial charge in [-0.2, -0.15) is 0 Å². The van der Waals surface area contributed by atoms with Gasteiger partial charge in [-0.25, -0.2) is 0 Å². The van der Waals surface area contributed by atoms with Crippen molar-refractivity contribution in [2.45, 2.75) is 64.7 Å². The number of nitrogens with one attached hydrogen (secondary N) is 1. The Labute approximate surface area is 115 Å². The van der Waals surface area contributed by atoms with Gasteiger partial charge in [0.05, 0.1) is 12.2 Å². The van der Waals surface area contributed by atoms with Crippen LogP contribution in [0.5, 0.6) is 0 Å². The van der Waals surface area contributed by atoms with E-state index in [1.807, 2.05) is 0 Å². The van der Waals surface area contributed by atoms with Crippen LogP contribution in [0.2, 0.25) is 0 Å². The largest absolute Gasteiger partial charge is 0.360 e. The number of nitrogens with zero attached hydrogens (tertiary/aromatic N) is 2. The van der Waals surface area contributed by atoms with Crippen molar-refractivity contribution in [2.24, 2.45) is 5.92 Å². The van der Waals surface area contributed by atoms with E-state index >= 15 is 0 Å². The van der Waals surface area contributed by atoms with Crippen molar-refractivity contribution in [2.75, 3.05) is 6.54 Å². The fourth-order valence-electron chi connectivity index (χ4n) is 2.94. The van der Waals surface area contributed by atoms with Crippen LogP contribution in [0.4, 0.5) is 0 Å².